The lowest BCUT2D eigenvalue weighted by Crippen LogP contribution is -2.49. The SMILES string of the molecule is NC1CC(F)(C2=CCCCCC2)C1. The van der Waals surface area contributed by atoms with Gasteiger partial charge in [0.1, 0.15) is 5.67 Å². The molecular formula is C11H18FN. The van der Waals surface area contributed by atoms with Gasteiger partial charge in [-0.3, -0.25) is 0 Å². The number of halogens is 1. The molecule has 0 amide bonds. The van der Waals surface area contributed by atoms with Gasteiger partial charge in [0.15, 0.2) is 0 Å². The molecule has 0 aromatic heterocycles. The van der Waals surface area contributed by atoms with Crippen molar-refractivity contribution in [2.75, 3.05) is 0 Å². The van der Waals surface area contributed by atoms with Crippen LogP contribution in [0.4, 0.5) is 4.39 Å². The Bertz CT molecular complexity index is 216. The van der Waals surface area contributed by atoms with Gasteiger partial charge in [0, 0.05) is 18.9 Å². The highest BCUT2D eigenvalue weighted by atomic mass is 19.1. The van der Waals surface area contributed by atoms with Crippen LogP contribution in [0, 0.1) is 0 Å². The van der Waals surface area contributed by atoms with Crippen molar-refractivity contribution in [3.63, 3.8) is 0 Å². The normalized spacial score (nSPS) is 40.5. The van der Waals surface area contributed by atoms with Crippen molar-refractivity contribution in [2.24, 2.45) is 5.73 Å². The van der Waals surface area contributed by atoms with Gasteiger partial charge in [0.25, 0.3) is 0 Å². The van der Waals surface area contributed by atoms with Crippen molar-refractivity contribution in [3.05, 3.63) is 11.6 Å². The molecule has 0 saturated heterocycles. The van der Waals surface area contributed by atoms with Gasteiger partial charge in [0.2, 0.25) is 0 Å². The Morgan fingerprint density at radius 3 is 2.77 bits per heavy atom. The van der Waals surface area contributed by atoms with E-state index in [-0.39, 0.29) is 6.04 Å². The number of allylic oxidation sites excluding steroid dienone is 2. The maximum atomic E-state index is 14.1. The van der Waals surface area contributed by atoms with Gasteiger partial charge >= 0.3 is 0 Å². The van der Waals surface area contributed by atoms with Crippen molar-refractivity contribution in [1.29, 1.82) is 0 Å². The fourth-order valence-corrected chi connectivity index (χ4v) is 2.46. The van der Waals surface area contributed by atoms with Gasteiger partial charge in [-0.15, -0.1) is 0 Å². The number of hydrogen-bond acceptors (Lipinski definition) is 1. The number of alkyl halides is 1. The molecule has 13 heavy (non-hydrogen) atoms. The summed E-state index contributed by atoms with van der Waals surface area (Å²) in [6.45, 7) is 0. The molecule has 2 N–H and O–H groups in total. The minimum absolute atomic E-state index is 0.106. The molecule has 74 valence electrons. The first kappa shape index (κ1) is 9.20. The average Bonchev–Trinajstić information content (AvgIpc) is 2.28. The Labute approximate surface area is 79.2 Å². The quantitative estimate of drug-likeness (QED) is 0.621. The average molecular weight is 183 g/mol. The zero-order valence-electron chi connectivity index (χ0n) is 8.06. The summed E-state index contributed by atoms with van der Waals surface area (Å²) in [5.41, 5.74) is 5.67. The van der Waals surface area contributed by atoms with Crippen LogP contribution < -0.4 is 5.73 Å². The van der Waals surface area contributed by atoms with E-state index < -0.39 is 5.67 Å². The lowest BCUT2D eigenvalue weighted by Gasteiger charge is -2.41. The third kappa shape index (κ3) is 1.78. The Hall–Kier alpha value is -0.370. The molecule has 2 aliphatic carbocycles. The van der Waals surface area contributed by atoms with E-state index in [0.717, 1.165) is 24.8 Å². The van der Waals surface area contributed by atoms with Gasteiger partial charge < -0.3 is 5.73 Å². The summed E-state index contributed by atoms with van der Waals surface area (Å²) in [5, 5.41) is 0. The predicted octanol–water partition coefficient (Wildman–Crippen LogP) is 2.71. The second kappa shape index (κ2) is 3.41. The van der Waals surface area contributed by atoms with Gasteiger partial charge in [-0.25, -0.2) is 4.39 Å². The summed E-state index contributed by atoms with van der Waals surface area (Å²) in [6, 6.07) is 0.106. The molecule has 1 saturated carbocycles. The van der Waals surface area contributed by atoms with Crippen LogP contribution in [-0.4, -0.2) is 11.7 Å². The Morgan fingerprint density at radius 2 is 2.08 bits per heavy atom. The fourth-order valence-electron chi connectivity index (χ4n) is 2.46. The lowest BCUT2D eigenvalue weighted by atomic mass is 9.71. The van der Waals surface area contributed by atoms with E-state index in [1.165, 1.54) is 12.8 Å². The van der Waals surface area contributed by atoms with Crippen LogP contribution in [0.15, 0.2) is 11.6 Å². The van der Waals surface area contributed by atoms with E-state index >= 15 is 0 Å². The Morgan fingerprint density at radius 1 is 1.31 bits per heavy atom. The van der Waals surface area contributed by atoms with Gasteiger partial charge in [-0.2, -0.15) is 0 Å². The summed E-state index contributed by atoms with van der Waals surface area (Å²) in [6.07, 6.45) is 8.90. The maximum Gasteiger partial charge on any atom is 0.135 e. The van der Waals surface area contributed by atoms with E-state index in [2.05, 4.69) is 6.08 Å². The molecule has 0 atom stereocenters. The number of rotatable bonds is 1. The van der Waals surface area contributed by atoms with Crippen LogP contribution in [0.2, 0.25) is 0 Å². The minimum Gasteiger partial charge on any atom is -0.327 e. The summed E-state index contributed by atoms with van der Waals surface area (Å²) in [4.78, 5) is 0. The van der Waals surface area contributed by atoms with Crippen molar-refractivity contribution in [3.8, 4) is 0 Å². The van der Waals surface area contributed by atoms with Crippen molar-refractivity contribution < 1.29 is 4.39 Å². The van der Waals surface area contributed by atoms with Crippen LogP contribution in [-0.2, 0) is 0 Å². The van der Waals surface area contributed by atoms with Crippen molar-refractivity contribution in [2.45, 2.75) is 56.7 Å². The summed E-state index contributed by atoms with van der Waals surface area (Å²) in [7, 11) is 0. The third-order valence-corrected chi connectivity index (χ3v) is 3.29. The second-order valence-electron chi connectivity index (χ2n) is 4.46. The van der Waals surface area contributed by atoms with Crippen molar-refractivity contribution in [1.82, 2.24) is 0 Å². The zero-order valence-corrected chi connectivity index (χ0v) is 8.06. The van der Waals surface area contributed by atoms with Gasteiger partial charge in [-0.05, 0) is 31.3 Å². The molecule has 1 nitrogen and oxygen atoms in total. The highest BCUT2D eigenvalue weighted by molar-refractivity contribution is 5.23. The van der Waals surface area contributed by atoms with Crippen LogP contribution in [0.1, 0.15) is 44.9 Å². The smallest absolute Gasteiger partial charge is 0.135 e. The first-order valence-corrected chi connectivity index (χ1v) is 5.35. The number of nitrogens with two attached hydrogens (primary N) is 1. The monoisotopic (exact) mass is 183 g/mol. The minimum atomic E-state index is -1.01. The fraction of sp³-hybridized carbons (Fsp3) is 0.818. The highest BCUT2D eigenvalue weighted by Crippen LogP contribution is 2.44. The Kier molecular flexibility index (Phi) is 2.41. The molecule has 0 unspecified atom stereocenters. The molecule has 1 fully saturated rings. The molecule has 0 radical (unpaired) electrons. The van der Waals surface area contributed by atoms with Gasteiger partial charge in [0.05, 0.1) is 0 Å². The second-order valence-corrected chi connectivity index (χ2v) is 4.46. The van der Waals surface area contributed by atoms with E-state index in [1.54, 1.807) is 0 Å². The molecule has 0 aromatic carbocycles. The Balaban J connectivity index is 2.02. The van der Waals surface area contributed by atoms with E-state index in [0.29, 0.717) is 12.8 Å². The van der Waals surface area contributed by atoms with E-state index in [4.69, 9.17) is 5.73 Å². The lowest BCUT2D eigenvalue weighted by molar-refractivity contribution is 0.0788. The van der Waals surface area contributed by atoms with Crippen LogP contribution >= 0.6 is 0 Å². The van der Waals surface area contributed by atoms with Crippen LogP contribution in [0.3, 0.4) is 0 Å². The number of hydrogen-bond donors (Lipinski definition) is 1. The maximum absolute atomic E-state index is 14.1. The highest BCUT2D eigenvalue weighted by Gasteiger charge is 2.45. The largest absolute Gasteiger partial charge is 0.327 e. The van der Waals surface area contributed by atoms with Gasteiger partial charge in [-0.1, -0.05) is 12.5 Å². The third-order valence-electron chi connectivity index (χ3n) is 3.29. The molecular weight excluding hydrogens is 165 g/mol. The van der Waals surface area contributed by atoms with E-state index in [9.17, 15) is 4.39 Å². The summed E-state index contributed by atoms with van der Waals surface area (Å²) < 4.78 is 14.1. The molecule has 2 rings (SSSR count). The predicted molar refractivity (Wildman–Crippen MR) is 52.2 cm³/mol. The van der Waals surface area contributed by atoms with Crippen LogP contribution in [0.5, 0.6) is 0 Å². The standard InChI is InChI=1S/C11H18FN/c12-11(7-10(13)8-11)9-5-3-1-2-4-6-9/h5,10H,1-4,6-8,13H2. The summed E-state index contributed by atoms with van der Waals surface area (Å²) >= 11 is 0. The molecule has 2 aliphatic rings. The molecule has 0 bridgehead atoms. The molecule has 0 heterocycles. The summed E-state index contributed by atoms with van der Waals surface area (Å²) in [5.74, 6) is 0. The van der Waals surface area contributed by atoms with Crippen LogP contribution in [0.25, 0.3) is 0 Å². The zero-order chi connectivity index (χ0) is 9.31. The topological polar surface area (TPSA) is 26.0 Å². The van der Waals surface area contributed by atoms with Crippen molar-refractivity contribution >= 4 is 0 Å². The molecule has 2 heteroatoms. The molecule has 0 aliphatic heterocycles. The molecule has 0 aromatic rings. The first-order valence-electron chi connectivity index (χ1n) is 5.35. The molecule has 0 spiro atoms. The van der Waals surface area contributed by atoms with E-state index in [1.807, 2.05) is 0 Å². The first-order chi connectivity index (χ1) is 6.21.